The van der Waals surface area contributed by atoms with Gasteiger partial charge in [-0.3, -0.25) is 9.69 Å². The summed E-state index contributed by atoms with van der Waals surface area (Å²) in [5, 5.41) is 0. The number of benzene rings is 1. The standard InChI is InChI=1S/C23H29N3O2/c1-2-14-28-19-10-8-17(9-11-19)15-26-13-12-21-20(16-26)23(27)25-22(24-21)18-6-4-3-5-7-18/h2,8-11,18H,1,3-7,12-16H2,(H,24,25,27). The second-order valence-corrected chi connectivity index (χ2v) is 7.92. The fourth-order valence-corrected chi connectivity index (χ4v) is 4.31. The van der Waals surface area contributed by atoms with E-state index in [9.17, 15) is 4.79 Å². The minimum absolute atomic E-state index is 0.0587. The Hall–Kier alpha value is -2.40. The normalized spacial score (nSPS) is 17.9. The second kappa shape index (κ2) is 8.74. The average molecular weight is 380 g/mol. The molecule has 1 aromatic carbocycles. The Morgan fingerprint density at radius 1 is 1.21 bits per heavy atom. The molecule has 1 fully saturated rings. The van der Waals surface area contributed by atoms with E-state index in [-0.39, 0.29) is 5.56 Å². The number of aromatic amines is 1. The SMILES string of the molecule is C=CCOc1ccc(CN2CCc3nc(C4CCCCC4)[nH]c(=O)c3C2)cc1. The van der Waals surface area contributed by atoms with E-state index in [0.29, 0.717) is 19.1 Å². The van der Waals surface area contributed by atoms with Gasteiger partial charge in [0.15, 0.2) is 0 Å². The van der Waals surface area contributed by atoms with Gasteiger partial charge >= 0.3 is 0 Å². The average Bonchev–Trinajstić information content (AvgIpc) is 2.74. The number of nitrogens with zero attached hydrogens (tertiary/aromatic N) is 2. The third-order valence-corrected chi connectivity index (χ3v) is 5.86. The quantitative estimate of drug-likeness (QED) is 0.773. The first kappa shape index (κ1) is 18.9. The van der Waals surface area contributed by atoms with Crippen LogP contribution in [0.15, 0.2) is 41.7 Å². The first-order valence-electron chi connectivity index (χ1n) is 10.4. The van der Waals surface area contributed by atoms with Crippen LogP contribution in [-0.4, -0.2) is 28.0 Å². The molecule has 1 aliphatic heterocycles. The molecule has 2 aliphatic rings. The molecule has 1 aromatic heterocycles. The molecule has 0 radical (unpaired) electrons. The number of rotatable bonds is 6. The van der Waals surface area contributed by atoms with E-state index in [0.717, 1.165) is 55.2 Å². The number of fused-ring (bicyclic) bond motifs is 1. The van der Waals surface area contributed by atoms with E-state index in [4.69, 9.17) is 9.72 Å². The topological polar surface area (TPSA) is 58.2 Å². The van der Waals surface area contributed by atoms with Crippen molar-refractivity contribution in [1.82, 2.24) is 14.9 Å². The van der Waals surface area contributed by atoms with Crippen LogP contribution in [0.5, 0.6) is 5.75 Å². The van der Waals surface area contributed by atoms with Gasteiger partial charge in [0.05, 0.1) is 11.3 Å². The lowest BCUT2D eigenvalue weighted by Gasteiger charge is -2.29. The van der Waals surface area contributed by atoms with Gasteiger partial charge in [-0.05, 0) is 30.5 Å². The number of hydrogen-bond donors (Lipinski definition) is 1. The monoisotopic (exact) mass is 379 g/mol. The Morgan fingerprint density at radius 3 is 2.75 bits per heavy atom. The zero-order valence-electron chi connectivity index (χ0n) is 16.5. The molecule has 0 spiro atoms. The third-order valence-electron chi connectivity index (χ3n) is 5.86. The fraction of sp³-hybridized carbons (Fsp3) is 0.478. The lowest BCUT2D eigenvalue weighted by Crippen LogP contribution is -2.36. The second-order valence-electron chi connectivity index (χ2n) is 7.92. The number of ether oxygens (including phenoxy) is 1. The number of nitrogens with one attached hydrogen (secondary N) is 1. The van der Waals surface area contributed by atoms with Crippen molar-refractivity contribution in [1.29, 1.82) is 0 Å². The summed E-state index contributed by atoms with van der Waals surface area (Å²) < 4.78 is 5.54. The predicted octanol–water partition coefficient (Wildman–Crippen LogP) is 3.94. The molecule has 0 atom stereocenters. The molecule has 0 bridgehead atoms. The van der Waals surface area contributed by atoms with Crippen LogP contribution in [0.3, 0.4) is 0 Å². The lowest BCUT2D eigenvalue weighted by atomic mass is 9.88. The maximum Gasteiger partial charge on any atom is 0.255 e. The number of aromatic nitrogens is 2. The highest BCUT2D eigenvalue weighted by Crippen LogP contribution is 2.30. The van der Waals surface area contributed by atoms with Crippen LogP contribution in [-0.2, 0) is 19.5 Å². The van der Waals surface area contributed by atoms with Gasteiger partial charge in [0, 0.05) is 32.0 Å². The summed E-state index contributed by atoms with van der Waals surface area (Å²) >= 11 is 0. The summed E-state index contributed by atoms with van der Waals surface area (Å²) in [6.45, 7) is 6.60. The van der Waals surface area contributed by atoms with Crippen molar-refractivity contribution in [2.45, 2.75) is 57.5 Å². The molecule has 2 aromatic rings. The summed E-state index contributed by atoms with van der Waals surface area (Å²) in [5.74, 6) is 2.21. The molecule has 1 aliphatic carbocycles. The van der Waals surface area contributed by atoms with Gasteiger partial charge < -0.3 is 9.72 Å². The van der Waals surface area contributed by atoms with Crippen molar-refractivity contribution in [3.05, 3.63) is 69.9 Å². The van der Waals surface area contributed by atoms with E-state index in [1.807, 2.05) is 12.1 Å². The van der Waals surface area contributed by atoms with Gasteiger partial charge in [0.1, 0.15) is 18.2 Å². The molecule has 28 heavy (non-hydrogen) atoms. The Labute approximate surface area is 166 Å². The minimum Gasteiger partial charge on any atom is -0.490 e. The summed E-state index contributed by atoms with van der Waals surface area (Å²) in [6, 6.07) is 8.15. The molecule has 5 nitrogen and oxygen atoms in total. The Morgan fingerprint density at radius 2 is 2.00 bits per heavy atom. The molecule has 148 valence electrons. The largest absolute Gasteiger partial charge is 0.490 e. The van der Waals surface area contributed by atoms with Crippen molar-refractivity contribution >= 4 is 0 Å². The van der Waals surface area contributed by atoms with Gasteiger partial charge in [-0.25, -0.2) is 4.98 Å². The molecule has 2 heterocycles. The molecule has 4 rings (SSSR count). The van der Waals surface area contributed by atoms with E-state index >= 15 is 0 Å². The van der Waals surface area contributed by atoms with Gasteiger partial charge in [0.2, 0.25) is 0 Å². The maximum atomic E-state index is 12.7. The van der Waals surface area contributed by atoms with Crippen LogP contribution in [0.25, 0.3) is 0 Å². The highest BCUT2D eigenvalue weighted by Gasteiger charge is 2.24. The van der Waals surface area contributed by atoms with Crippen molar-refractivity contribution in [2.75, 3.05) is 13.2 Å². The van der Waals surface area contributed by atoms with Crippen molar-refractivity contribution in [3.63, 3.8) is 0 Å². The van der Waals surface area contributed by atoms with Crippen LogP contribution in [0, 0.1) is 0 Å². The molecule has 1 saturated carbocycles. The summed E-state index contributed by atoms with van der Waals surface area (Å²) in [4.78, 5) is 23.0. The van der Waals surface area contributed by atoms with Crippen LogP contribution in [0.1, 0.15) is 60.7 Å². The fourth-order valence-electron chi connectivity index (χ4n) is 4.31. The molecule has 1 N–H and O–H groups in total. The number of H-pyrrole nitrogens is 1. The molecule has 0 amide bonds. The Bertz CT molecular complexity index is 866. The minimum atomic E-state index is 0.0587. The first-order valence-corrected chi connectivity index (χ1v) is 10.4. The lowest BCUT2D eigenvalue weighted by molar-refractivity contribution is 0.241. The zero-order valence-corrected chi connectivity index (χ0v) is 16.5. The first-order chi connectivity index (χ1) is 13.7. The van der Waals surface area contributed by atoms with E-state index < -0.39 is 0 Å². The Kier molecular flexibility index (Phi) is 5.91. The highest BCUT2D eigenvalue weighted by atomic mass is 16.5. The van der Waals surface area contributed by atoms with Gasteiger partial charge in [-0.2, -0.15) is 0 Å². The van der Waals surface area contributed by atoms with Crippen molar-refractivity contribution < 1.29 is 4.74 Å². The van der Waals surface area contributed by atoms with Crippen molar-refractivity contribution in [2.24, 2.45) is 0 Å². The van der Waals surface area contributed by atoms with Crippen LogP contribution < -0.4 is 10.3 Å². The summed E-state index contributed by atoms with van der Waals surface area (Å²) in [7, 11) is 0. The molecule has 0 unspecified atom stereocenters. The predicted molar refractivity (Wildman–Crippen MR) is 111 cm³/mol. The van der Waals surface area contributed by atoms with Crippen LogP contribution in [0.4, 0.5) is 0 Å². The summed E-state index contributed by atoms with van der Waals surface area (Å²) in [6.07, 6.45) is 8.69. The third kappa shape index (κ3) is 4.36. The van der Waals surface area contributed by atoms with Gasteiger partial charge in [-0.15, -0.1) is 0 Å². The smallest absolute Gasteiger partial charge is 0.255 e. The van der Waals surface area contributed by atoms with Gasteiger partial charge in [-0.1, -0.05) is 44.1 Å². The summed E-state index contributed by atoms with van der Waals surface area (Å²) in [5.41, 5.74) is 3.13. The highest BCUT2D eigenvalue weighted by molar-refractivity contribution is 5.28. The zero-order chi connectivity index (χ0) is 19.3. The number of hydrogen-bond acceptors (Lipinski definition) is 4. The Balaban J connectivity index is 1.43. The molecule has 5 heteroatoms. The maximum absolute atomic E-state index is 12.7. The van der Waals surface area contributed by atoms with E-state index in [2.05, 4.69) is 28.6 Å². The molecule has 0 saturated heterocycles. The molecular weight excluding hydrogens is 350 g/mol. The van der Waals surface area contributed by atoms with Crippen LogP contribution >= 0.6 is 0 Å². The van der Waals surface area contributed by atoms with E-state index in [1.165, 1.54) is 24.8 Å². The van der Waals surface area contributed by atoms with Gasteiger partial charge in [0.25, 0.3) is 5.56 Å². The molecular formula is C23H29N3O2. The van der Waals surface area contributed by atoms with Crippen LogP contribution in [0.2, 0.25) is 0 Å². The van der Waals surface area contributed by atoms with E-state index in [1.54, 1.807) is 6.08 Å². The van der Waals surface area contributed by atoms with Crippen molar-refractivity contribution in [3.8, 4) is 5.75 Å².